The van der Waals surface area contributed by atoms with Gasteiger partial charge in [0.05, 0.1) is 22.2 Å². The van der Waals surface area contributed by atoms with Crippen LogP contribution in [-0.4, -0.2) is 24.9 Å². The Hall–Kier alpha value is -1.40. The number of hydrogen-bond acceptors (Lipinski definition) is 5. The molecule has 0 bridgehead atoms. The monoisotopic (exact) mass is 294 g/mol. The van der Waals surface area contributed by atoms with Crippen molar-refractivity contribution in [3.63, 3.8) is 0 Å². The van der Waals surface area contributed by atoms with E-state index in [1.54, 1.807) is 0 Å². The van der Waals surface area contributed by atoms with Crippen LogP contribution in [-0.2, 0) is 9.84 Å². The second-order valence-corrected chi connectivity index (χ2v) is 7.88. The van der Waals surface area contributed by atoms with E-state index in [-0.39, 0.29) is 17.4 Å². The summed E-state index contributed by atoms with van der Waals surface area (Å²) in [5.41, 5.74) is 8.36. The normalized spacial score (nSPS) is 21.6. The van der Waals surface area contributed by atoms with Crippen molar-refractivity contribution in [2.45, 2.75) is 12.3 Å². The number of benzene rings is 1. The summed E-state index contributed by atoms with van der Waals surface area (Å²) in [7, 11) is -2.87. The van der Waals surface area contributed by atoms with E-state index < -0.39 is 9.84 Å². The lowest BCUT2D eigenvalue weighted by atomic mass is 10.1. The van der Waals surface area contributed by atoms with Crippen molar-refractivity contribution in [2.75, 3.05) is 17.2 Å². The molecule has 0 amide bonds. The van der Waals surface area contributed by atoms with Gasteiger partial charge in [0.25, 0.3) is 0 Å². The number of nitrogens with zero attached hydrogens (tertiary/aromatic N) is 1. The standard InChI is InChI=1S/C13H14N2O2S2/c14-11-4-2-1-3-10(11)12-7-18-13(15-12)9-5-6-19(16,17)8-9/h1-4,7,9H,5-6,8,14H2. The third kappa shape index (κ3) is 2.50. The second-order valence-electron chi connectivity index (χ2n) is 4.76. The van der Waals surface area contributed by atoms with Gasteiger partial charge in [-0.3, -0.25) is 0 Å². The van der Waals surface area contributed by atoms with Crippen LogP contribution in [0.15, 0.2) is 29.6 Å². The molecular weight excluding hydrogens is 280 g/mol. The Morgan fingerprint density at radius 2 is 2.11 bits per heavy atom. The summed E-state index contributed by atoms with van der Waals surface area (Å²) in [6, 6.07) is 7.58. The van der Waals surface area contributed by atoms with Gasteiger partial charge in [0.15, 0.2) is 9.84 Å². The maximum Gasteiger partial charge on any atom is 0.151 e. The number of aromatic nitrogens is 1. The van der Waals surface area contributed by atoms with Crippen LogP contribution >= 0.6 is 11.3 Å². The summed E-state index contributed by atoms with van der Waals surface area (Å²) in [4.78, 5) is 4.56. The third-order valence-electron chi connectivity index (χ3n) is 3.34. The van der Waals surface area contributed by atoms with Gasteiger partial charge in [0, 0.05) is 22.5 Å². The first-order valence-electron chi connectivity index (χ1n) is 6.06. The number of sulfone groups is 1. The molecule has 100 valence electrons. The molecule has 2 N–H and O–H groups in total. The van der Waals surface area contributed by atoms with Crippen molar-refractivity contribution in [1.29, 1.82) is 0 Å². The molecular formula is C13H14N2O2S2. The first-order valence-corrected chi connectivity index (χ1v) is 8.76. The Morgan fingerprint density at radius 1 is 1.32 bits per heavy atom. The maximum atomic E-state index is 11.5. The third-order valence-corrected chi connectivity index (χ3v) is 6.12. The molecule has 1 aromatic carbocycles. The van der Waals surface area contributed by atoms with Crippen molar-refractivity contribution in [3.05, 3.63) is 34.7 Å². The minimum atomic E-state index is -2.87. The quantitative estimate of drug-likeness (QED) is 0.863. The van der Waals surface area contributed by atoms with Gasteiger partial charge in [-0.05, 0) is 12.5 Å². The van der Waals surface area contributed by atoms with Crippen LogP contribution in [0.3, 0.4) is 0 Å². The zero-order valence-corrected chi connectivity index (χ0v) is 11.9. The van der Waals surface area contributed by atoms with Gasteiger partial charge in [0.2, 0.25) is 0 Å². The van der Waals surface area contributed by atoms with Gasteiger partial charge in [-0.1, -0.05) is 18.2 Å². The van der Waals surface area contributed by atoms with Crippen LogP contribution in [0.4, 0.5) is 5.69 Å². The van der Waals surface area contributed by atoms with Crippen molar-refractivity contribution >= 4 is 26.9 Å². The summed E-state index contributed by atoms with van der Waals surface area (Å²) in [6.07, 6.45) is 0.680. The number of thiazole rings is 1. The Morgan fingerprint density at radius 3 is 2.79 bits per heavy atom. The van der Waals surface area contributed by atoms with E-state index in [0.717, 1.165) is 16.3 Å². The largest absolute Gasteiger partial charge is 0.398 e. The fraction of sp³-hybridized carbons (Fsp3) is 0.308. The number of anilines is 1. The highest BCUT2D eigenvalue weighted by Crippen LogP contribution is 2.34. The minimum absolute atomic E-state index is 0.0497. The predicted molar refractivity (Wildman–Crippen MR) is 78.0 cm³/mol. The molecule has 0 spiro atoms. The zero-order chi connectivity index (χ0) is 13.5. The van der Waals surface area contributed by atoms with Gasteiger partial charge in [-0.2, -0.15) is 0 Å². The lowest BCUT2D eigenvalue weighted by Crippen LogP contribution is -2.03. The second kappa shape index (κ2) is 4.61. The molecule has 19 heavy (non-hydrogen) atoms. The number of nitrogens with two attached hydrogens (primary N) is 1. The molecule has 0 aliphatic carbocycles. The molecule has 1 fully saturated rings. The topological polar surface area (TPSA) is 73.1 Å². The van der Waals surface area contributed by atoms with Crippen LogP contribution in [0.1, 0.15) is 17.3 Å². The molecule has 4 nitrogen and oxygen atoms in total. The number of rotatable bonds is 2. The molecule has 2 aromatic rings. The predicted octanol–water partition coefficient (Wildman–Crippen LogP) is 2.29. The Balaban J connectivity index is 1.91. The van der Waals surface area contributed by atoms with E-state index in [1.165, 1.54) is 11.3 Å². The lowest BCUT2D eigenvalue weighted by Gasteiger charge is -2.03. The van der Waals surface area contributed by atoms with E-state index in [0.29, 0.717) is 12.1 Å². The summed E-state index contributed by atoms with van der Waals surface area (Å²) < 4.78 is 23.0. The Kier molecular flexibility index (Phi) is 3.06. The zero-order valence-electron chi connectivity index (χ0n) is 10.2. The van der Waals surface area contributed by atoms with Crippen LogP contribution in [0.2, 0.25) is 0 Å². The molecule has 1 aliphatic rings. The van der Waals surface area contributed by atoms with E-state index in [1.807, 2.05) is 29.6 Å². The lowest BCUT2D eigenvalue weighted by molar-refractivity contribution is 0.601. The molecule has 0 saturated carbocycles. The summed E-state index contributed by atoms with van der Waals surface area (Å²) >= 11 is 1.52. The fourth-order valence-corrected chi connectivity index (χ4v) is 5.13. The van der Waals surface area contributed by atoms with Gasteiger partial charge < -0.3 is 5.73 Å². The molecule has 1 unspecified atom stereocenters. The van der Waals surface area contributed by atoms with Crippen LogP contribution in [0.25, 0.3) is 11.3 Å². The molecule has 2 heterocycles. The minimum Gasteiger partial charge on any atom is -0.398 e. The first kappa shape index (κ1) is 12.6. The van der Waals surface area contributed by atoms with Crippen molar-refractivity contribution in [1.82, 2.24) is 4.98 Å². The fourth-order valence-electron chi connectivity index (χ4n) is 2.32. The van der Waals surface area contributed by atoms with Gasteiger partial charge >= 0.3 is 0 Å². The van der Waals surface area contributed by atoms with Crippen LogP contribution in [0, 0.1) is 0 Å². The highest BCUT2D eigenvalue weighted by Gasteiger charge is 2.31. The highest BCUT2D eigenvalue weighted by molar-refractivity contribution is 7.91. The first-order chi connectivity index (χ1) is 9.05. The Bertz CT molecular complexity index is 707. The molecule has 1 atom stereocenters. The van der Waals surface area contributed by atoms with Gasteiger partial charge in [-0.25, -0.2) is 13.4 Å². The SMILES string of the molecule is Nc1ccccc1-c1csc(C2CCS(=O)(=O)C2)n1. The maximum absolute atomic E-state index is 11.5. The van der Waals surface area contributed by atoms with Crippen molar-refractivity contribution < 1.29 is 8.42 Å². The average Bonchev–Trinajstić information content (AvgIpc) is 2.96. The average molecular weight is 294 g/mol. The Labute approximate surface area is 116 Å². The van der Waals surface area contributed by atoms with Crippen molar-refractivity contribution in [3.8, 4) is 11.3 Å². The number of para-hydroxylation sites is 1. The molecule has 0 radical (unpaired) electrons. The van der Waals surface area contributed by atoms with E-state index in [4.69, 9.17) is 5.73 Å². The smallest absolute Gasteiger partial charge is 0.151 e. The van der Waals surface area contributed by atoms with Crippen molar-refractivity contribution in [2.24, 2.45) is 0 Å². The van der Waals surface area contributed by atoms with E-state index in [9.17, 15) is 8.42 Å². The van der Waals surface area contributed by atoms with Gasteiger partial charge in [-0.15, -0.1) is 11.3 Å². The summed E-state index contributed by atoms with van der Waals surface area (Å²) in [5, 5.41) is 2.85. The summed E-state index contributed by atoms with van der Waals surface area (Å²) in [6.45, 7) is 0. The molecule has 1 aliphatic heterocycles. The van der Waals surface area contributed by atoms with E-state index in [2.05, 4.69) is 4.98 Å². The van der Waals surface area contributed by atoms with Crippen LogP contribution in [0.5, 0.6) is 0 Å². The number of nitrogen functional groups attached to an aromatic ring is 1. The number of hydrogen-bond donors (Lipinski definition) is 1. The van der Waals surface area contributed by atoms with E-state index >= 15 is 0 Å². The van der Waals surface area contributed by atoms with Crippen LogP contribution < -0.4 is 5.73 Å². The molecule has 3 rings (SSSR count). The molecule has 1 aromatic heterocycles. The highest BCUT2D eigenvalue weighted by atomic mass is 32.2. The molecule has 1 saturated heterocycles. The summed E-state index contributed by atoms with van der Waals surface area (Å²) in [5.74, 6) is 0.554. The van der Waals surface area contributed by atoms with Gasteiger partial charge in [0.1, 0.15) is 0 Å². The molecule has 6 heteroatoms.